The number of nitrogens with two attached hydrogens (primary N) is 1. The first-order valence-electron chi connectivity index (χ1n) is 7.78. The summed E-state index contributed by atoms with van der Waals surface area (Å²) in [6, 6.07) is 13.2. The third kappa shape index (κ3) is 4.10. The monoisotopic (exact) mass is 370 g/mol. The molecule has 0 aliphatic carbocycles. The van der Waals surface area contributed by atoms with Crippen molar-refractivity contribution in [3.63, 3.8) is 0 Å². The van der Waals surface area contributed by atoms with E-state index in [1.54, 1.807) is 31.2 Å². The van der Waals surface area contributed by atoms with Crippen LogP contribution in [0.25, 0.3) is 0 Å². The van der Waals surface area contributed by atoms with E-state index in [0.29, 0.717) is 22.1 Å². The number of benzene rings is 2. The number of aromatic nitrogens is 1. The predicted molar refractivity (Wildman–Crippen MR) is 102 cm³/mol. The molecule has 0 fully saturated rings. The van der Waals surface area contributed by atoms with Gasteiger partial charge in [-0.25, -0.2) is 9.37 Å². The first kappa shape index (κ1) is 17.7. The smallest absolute Gasteiger partial charge is 0.252 e. The Labute approximate surface area is 155 Å². The zero-order valence-electron chi connectivity index (χ0n) is 13.9. The van der Waals surface area contributed by atoms with Gasteiger partial charge in [0.25, 0.3) is 5.91 Å². The maximum atomic E-state index is 13.6. The summed E-state index contributed by atoms with van der Waals surface area (Å²) in [5, 5.41) is 6.55. The Hall–Kier alpha value is -3.12. The minimum atomic E-state index is -0.657. The summed E-state index contributed by atoms with van der Waals surface area (Å²) in [7, 11) is 0. The van der Waals surface area contributed by atoms with Gasteiger partial charge >= 0.3 is 0 Å². The summed E-state index contributed by atoms with van der Waals surface area (Å²) in [5.74, 6) is -0.798. The van der Waals surface area contributed by atoms with Crippen molar-refractivity contribution in [3.8, 4) is 0 Å². The Morgan fingerprint density at radius 2 is 1.88 bits per heavy atom. The number of primary amides is 1. The number of nitrogens with one attached hydrogen (secondary N) is 2. The second-order valence-electron chi connectivity index (χ2n) is 5.73. The van der Waals surface area contributed by atoms with Crippen molar-refractivity contribution in [1.82, 2.24) is 4.98 Å². The lowest BCUT2D eigenvalue weighted by molar-refractivity contribution is 0.100. The van der Waals surface area contributed by atoms with Crippen LogP contribution < -0.4 is 16.4 Å². The molecule has 1 amide bonds. The van der Waals surface area contributed by atoms with Crippen molar-refractivity contribution in [2.75, 3.05) is 10.6 Å². The molecule has 0 radical (unpaired) electrons. The molecule has 3 rings (SSSR count). The van der Waals surface area contributed by atoms with Gasteiger partial charge in [0.1, 0.15) is 11.6 Å². The fourth-order valence-electron chi connectivity index (χ4n) is 2.48. The van der Waals surface area contributed by atoms with Gasteiger partial charge in [0.2, 0.25) is 0 Å². The molecule has 0 spiro atoms. The number of aryl methyl sites for hydroxylation is 1. The quantitative estimate of drug-likeness (QED) is 0.604. The number of hydrogen-bond donors (Lipinski definition) is 3. The van der Waals surface area contributed by atoms with Crippen LogP contribution in [0.2, 0.25) is 5.02 Å². The molecule has 5 nitrogen and oxygen atoms in total. The van der Waals surface area contributed by atoms with Crippen molar-refractivity contribution in [3.05, 3.63) is 76.7 Å². The standard InChI is InChI=1S/C19H16ClFN4O/c1-11-6-12(21)8-13(7-11)25-19-15(18(22)26)9-14(10-23-19)24-17-5-3-2-4-16(17)20/h2-10,24H,1H3,(H2,22,26)(H,23,25). The van der Waals surface area contributed by atoms with E-state index in [0.717, 1.165) is 5.56 Å². The van der Waals surface area contributed by atoms with Gasteiger partial charge in [0, 0.05) is 5.69 Å². The summed E-state index contributed by atoms with van der Waals surface area (Å²) in [5.41, 5.74) is 8.08. The first-order chi connectivity index (χ1) is 12.4. The highest BCUT2D eigenvalue weighted by atomic mass is 35.5. The largest absolute Gasteiger partial charge is 0.365 e. The summed E-state index contributed by atoms with van der Waals surface area (Å²) >= 11 is 6.12. The number of hydrogen-bond acceptors (Lipinski definition) is 4. The van der Waals surface area contributed by atoms with Gasteiger partial charge in [-0.15, -0.1) is 0 Å². The van der Waals surface area contributed by atoms with Gasteiger partial charge in [0.15, 0.2) is 0 Å². The first-order valence-corrected chi connectivity index (χ1v) is 8.16. The van der Waals surface area contributed by atoms with Crippen LogP contribution in [0, 0.1) is 12.7 Å². The molecule has 2 aromatic carbocycles. The van der Waals surface area contributed by atoms with Crippen LogP contribution in [0.3, 0.4) is 0 Å². The summed E-state index contributed by atoms with van der Waals surface area (Å²) in [6.07, 6.45) is 1.53. The Kier molecular flexibility index (Phi) is 5.04. The number of halogens is 2. The zero-order valence-corrected chi connectivity index (χ0v) is 14.6. The molecule has 0 unspecified atom stereocenters. The molecule has 0 saturated carbocycles. The third-order valence-corrected chi connectivity index (χ3v) is 3.94. The van der Waals surface area contributed by atoms with Crippen LogP contribution >= 0.6 is 11.6 Å². The molecule has 1 heterocycles. The van der Waals surface area contributed by atoms with Crippen LogP contribution in [-0.2, 0) is 0 Å². The number of anilines is 4. The number of rotatable bonds is 5. The van der Waals surface area contributed by atoms with Crippen LogP contribution in [0.4, 0.5) is 27.3 Å². The molecular formula is C19H16ClFN4O. The Morgan fingerprint density at radius 3 is 2.58 bits per heavy atom. The topological polar surface area (TPSA) is 80.0 Å². The molecule has 4 N–H and O–H groups in total. The van der Waals surface area contributed by atoms with E-state index in [1.807, 2.05) is 12.1 Å². The average molecular weight is 371 g/mol. The molecule has 0 aliphatic rings. The van der Waals surface area contributed by atoms with Crippen LogP contribution in [-0.4, -0.2) is 10.9 Å². The summed E-state index contributed by atoms with van der Waals surface area (Å²) in [6.45, 7) is 1.77. The lowest BCUT2D eigenvalue weighted by Gasteiger charge is -2.13. The highest BCUT2D eigenvalue weighted by Gasteiger charge is 2.13. The fourth-order valence-corrected chi connectivity index (χ4v) is 2.67. The lowest BCUT2D eigenvalue weighted by atomic mass is 10.2. The molecule has 132 valence electrons. The molecule has 7 heteroatoms. The Bertz CT molecular complexity index is 957. The van der Waals surface area contributed by atoms with Crippen molar-refractivity contribution in [2.24, 2.45) is 5.73 Å². The third-order valence-electron chi connectivity index (χ3n) is 3.61. The lowest BCUT2D eigenvalue weighted by Crippen LogP contribution is -2.15. The number of carbonyl (C=O) groups excluding carboxylic acids is 1. The van der Waals surface area contributed by atoms with E-state index < -0.39 is 5.91 Å². The van der Waals surface area contributed by atoms with E-state index >= 15 is 0 Å². The van der Waals surface area contributed by atoms with Crippen molar-refractivity contribution in [2.45, 2.75) is 6.92 Å². The molecule has 0 bridgehead atoms. The fraction of sp³-hybridized carbons (Fsp3) is 0.0526. The van der Waals surface area contributed by atoms with Gasteiger partial charge in [-0.2, -0.15) is 0 Å². The Balaban J connectivity index is 1.92. The molecule has 3 aromatic rings. The van der Waals surface area contributed by atoms with Gasteiger partial charge in [0.05, 0.1) is 28.2 Å². The highest BCUT2D eigenvalue weighted by Crippen LogP contribution is 2.27. The molecule has 0 atom stereocenters. The number of carbonyl (C=O) groups is 1. The van der Waals surface area contributed by atoms with E-state index in [1.165, 1.54) is 18.3 Å². The minimum absolute atomic E-state index is 0.170. The number of amides is 1. The summed E-state index contributed by atoms with van der Waals surface area (Å²) < 4.78 is 13.6. The molecule has 0 saturated heterocycles. The van der Waals surface area contributed by atoms with E-state index in [-0.39, 0.29) is 17.2 Å². The molecule has 26 heavy (non-hydrogen) atoms. The number of nitrogens with zero attached hydrogens (tertiary/aromatic N) is 1. The highest BCUT2D eigenvalue weighted by molar-refractivity contribution is 6.33. The van der Waals surface area contributed by atoms with Crippen molar-refractivity contribution >= 4 is 40.4 Å². The SMILES string of the molecule is Cc1cc(F)cc(Nc2ncc(Nc3ccccc3Cl)cc2C(N)=O)c1. The molecular weight excluding hydrogens is 355 g/mol. The maximum absolute atomic E-state index is 13.6. The van der Waals surface area contributed by atoms with Crippen LogP contribution in [0.15, 0.2) is 54.7 Å². The Morgan fingerprint density at radius 1 is 1.12 bits per heavy atom. The second kappa shape index (κ2) is 7.41. The van der Waals surface area contributed by atoms with Crippen LogP contribution in [0.1, 0.15) is 15.9 Å². The van der Waals surface area contributed by atoms with Gasteiger partial charge in [-0.3, -0.25) is 4.79 Å². The van der Waals surface area contributed by atoms with Gasteiger partial charge < -0.3 is 16.4 Å². The molecule has 0 aliphatic heterocycles. The number of pyridine rings is 1. The second-order valence-corrected chi connectivity index (χ2v) is 6.14. The maximum Gasteiger partial charge on any atom is 0.252 e. The molecule has 1 aromatic heterocycles. The van der Waals surface area contributed by atoms with Crippen molar-refractivity contribution in [1.29, 1.82) is 0 Å². The predicted octanol–water partition coefficient (Wildman–Crippen LogP) is 4.77. The average Bonchev–Trinajstić information content (AvgIpc) is 2.57. The minimum Gasteiger partial charge on any atom is -0.365 e. The van der Waals surface area contributed by atoms with Crippen LogP contribution in [0.5, 0.6) is 0 Å². The zero-order chi connectivity index (χ0) is 18.7. The van der Waals surface area contributed by atoms with Gasteiger partial charge in [-0.05, 0) is 48.9 Å². The number of para-hydroxylation sites is 1. The summed E-state index contributed by atoms with van der Waals surface area (Å²) in [4.78, 5) is 16.1. The van der Waals surface area contributed by atoms with Crippen molar-refractivity contribution < 1.29 is 9.18 Å². The normalized spacial score (nSPS) is 10.4. The van der Waals surface area contributed by atoms with Gasteiger partial charge in [-0.1, -0.05) is 23.7 Å². The van der Waals surface area contributed by atoms with E-state index in [9.17, 15) is 9.18 Å². The van der Waals surface area contributed by atoms with E-state index in [2.05, 4.69) is 15.6 Å². The van der Waals surface area contributed by atoms with E-state index in [4.69, 9.17) is 17.3 Å².